The molecule has 0 saturated heterocycles. The highest BCUT2D eigenvalue weighted by Gasteiger charge is 2.34. The van der Waals surface area contributed by atoms with E-state index in [0.717, 1.165) is 22.3 Å². The standard InChI is InChI=1S/C24H28N2O5S/c1-24(2,22(29)25-20(21(27)28)12-13-32-3)26-23(30)31-14-19-17-10-6-4-8-15(17)16-9-5-7-11-18(16)19/h4-11,19-20H,12-14H2,1-3H3,(H,25,29)(H,26,30)(H,27,28)/t20-/m1/s1. The molecule has 0 spiro atoms. The highest BCUT2D eigenvalue weighted by atomic mass is 32.2. The van der Waals surface area contributed by atoms with E-state index in [-0.39, 0.29) is 12.5 Å². The van der Waals surface area contributed by atoms with Gasteiger partial charge in [-0.25, -0.2) is 9.59 Å². The van der Waals surface area contributed by atoms with Crippen molar-refractivity contribution in [3.63, 3.8) is 0 Å². The molecule has 1 atom stereocenters. The maximum atomic E-state index is 12.6. The lowest BCUT2D eigenvalue weighted by Crippen LogP contribution is -2.58. The molecule has 3 N–H and O–H groups in total. The van der Waals surface area contributed by atoms with Crippen molar-refractivity contribution < 1.29 is 24.2 Å². The number of carbonyl (C=O) groups excluding carboxylic acids is 2. The molecule has 0 unspecified atom stereocenters. The molecule has 170 valence electrons. The minimum atomic E-state index is -1.34. The van der Waals surface area contributed by atoms with Crippen LogP contribution in [0.4, 0.5) is 4.79 Å². The van der Waals surface area contributed by atoms with Crippen LogP contribution < -0.4 is 10.6 Å². The number of rotatable bonds is 9. The van der Waals surface area contributed by atoms with Crippen molar-refractivity contribution in [2.45, 2.75) is 37.8 Å². The number of aliphatic carboxylic acids is 1. The number of carbonyl (C=O) groups is 3. The lowest BCUT2D eigenvalue weighted by Gasteiger charge is -2.27. The third-order valence-electron chi connectivity index (χ3n) is 5.54. The number of hydrogen-bond acceptors (Lipinski definition) is 5. The molecular formula is C24H28N2O5S. The van der Waals surface area contributed by atoms with Crippen LogP contribution in [0.3, 0.4) is 0 Å². The summed E-state index contributed by atoms with van der Waals surface area (Å²) in [5.41, 5.74) is 3.10. The highest BCUT2D eigenvalue weighted by molar-refractivity contribution is 7.98. The van der Waals surface area contributed by atoms with Gasteiger partial charge >= 0.3 is 12.1 Å². The second-order valence-corrected chi connectivity index (χ2v) is 9.21. The Morgan fingerprint density at radius 2 is 1.62 bits per heavy atom. The quantitative estimate of drug-likeness (QED) is 0.532. The van der Waals surface area contributed by atoms with Crippen LogP contribution in [0.25, 0.3) is 11.1 Å². The van der Waals surface area contributed by atoms with Gasteiger partial charge < -0.3 is 20.5 Å². The van der Waals surface area contributed by atoms with E-state index < -0.39 is 29.6 Å². The van der Waals surface area contributed by atoms with Gasteiger partial charge in [0.05, 0.1) is 0 Å². The van der Waals surface area contributed by atoms with E-state index in [2.05, 4.69) is 22.8 Å². The van der Waals surface area contributed by atoms with Crippen LogP contribution in [-0.2, 0) is 14.3 Å². The Morgan fingerprint density at radius 1 is 1.06 bits per heavy atom. The van der Waals surface area contributed by atoms with E-state index >= 15 is 0 Å². The number of hydrogen-bond donors (Lipinski definition) is 3. The zero-order valence-corrected chi connectivity index (χ0v) is 19.2. The van der Waals surface area contributed by atoms with Gasteiger partial charge in [-0.05, 0) is 54.5 Å². The van der Waals surface area contributed by atoms with Gasteiger partial charge in [0, 0.05) is 5.92 Å². The van der Waals surface area contributed by atoms with E-state index in [1.54, 1.807) is 0 Å². The molecule has 1 aliphatic rings. The summed E-state index contributed by atoms with van der Waals surface area (Å²) in [5, 5.41) is 14.4. The summed E-state index contributed by atoms with van der Waals surface area (Å²) in [5.74, 6) is -1.19. The maximum absolute atomic E-state index is 12.6. The molecule has 2 aromatic rings. The largest absolute Gasteiger partial charge is 0.480 e. The van der Waals surface area contributed by atoms with Gasteiger partial charge in [0.1, 0.15) is 18.2 Å². The van der Waals surface area contributed by atoms with Crippen molar-refractivity contribution in [3.05, 3.63) is 59.7 Å². The molecule has 0 aliphatic heterocycles. The smallest absolute Gasteiger partial charge is 0.408 e. The Kier molecular flexibility index (Phi) is 7.45. The Hall–Kier alpha value is -3.00. The number of carboxylic acids is 1. The minimum absolute atomic E-state index is 0.0898. The van der Waals surface area contributed by atoms with E-state index in [9.17, 15) is 19.5 Å². The lowest BCUT2D eigenvalue weighted by molar-refractivity contribution is -0.142. The maximum Gasteiger partial charge on any atom is 0.408 e. The zero-order valence-electron chi connectivity index (χ0n) is 18.4. The molecule has 3 rings (SSSR count). The number of benzene rings is 2. The SMILES string of the molecule is CSCC[C@@H](NC(=O)C(C)(C)NC(=O)OCC1c2ccccc2-c2ccccc21)C(=O)O. The predicted molar refractivity (Wildman–Crippen MR) is 125 cm³/mol. The first-order chi connectivity index (χ1) is 15.2. The number of alkyl carbamates (subject to hydrolysis) is 1. The molecule has 8 heteroatoms. The van der Waals surface area contributed by atoms with Crippen molar-refractivity contribution in [3.8, 4) is 11.1 Å². The van der Waals surface area contributed by atoms with E-state index in [4.69, 9.17) is 4.74 Å². The number of carboxylic acid groups (broad SMARTS) is 1. The molecule has 32 heavy (non-hydrogen) atoms. The number of nitrogens with one attached hydrogen (secondary N) is 2. The monoisotopic (exact) mass is 456 g/mol. The summed E-state index contributed by atoms with van der Waals surface area (Å²) in [6, 6.07) is 15.0. The fourth-order valence-corrected chi connectivity index (χ4v) is 4.25. The van der Waals surface area contributed by atoms with Crippen LogP contribution in [0.5, 0.6) is 0 Å². The van der Waals surface area contributed by atoms with Crippen molar-refractivity contribution >= 4 is 29.7 Å². The van der Waals surface area contributed by atoms with Gasteiger partial charge in [0.2, 0.25) is 5.91 Å². The van der Waals surface area contributed by atoms with Crippen LogP contribution in [0.2, 0.25) is 0 Å². The summed E-state index contributed by atoms with van der Waals surface area (Å²) < 4.78 is 5.49. The van der Waals surface area contributed by atoms with Gasteiger partial charge in [0.25, 0.3) is 0 Å². The normalized spacial score (nSPS) is 13.6. The minimum Gasteiger partial charge on any atom is -0.480 e. The summed E-state index contributed by atoms with van der Waals surface area (Å²) >= 11 is 1.50. The summed E-state index contributed by atoms with van der Waals surface area (Å²) in [6.07, 6.45) is 1.43. The first-order valence-electron chi connectivity index (χ1n) is 10.4. The van der Waals surface area contributed by atoms with Gasteiger partial charge in [0.15, 0.2) is 0 Å². The first kappa shape index (κ1) is 23.7. The van der Waals surface area contributed by atoms with E-state index in [1.807, 2.05) is 42.7 Å². The van der Waals surface area contributed by atoms with Gasteiger partial charge in [-0.3, -0.25) is 4.79 Å². The second-order valence-electron chi connectivity index (χ2n) is 8.22. The van der Waals surface area contributed by atoms with Crippen molar-refractivity contribution in [2.24, 2.45) is 0 Å². The third-order valence-corrected chi connectivity index (χ3v) is 6.18. The molecule has 2 aromatic carbocycles. The molecular weight excluding hydrogens is 428 g/mol. The molecule has 0 saturated carbocycles. The Bertz CT molecular complexity index is 962. The van der Waals surface area contributed by atoms with Crippen LogP contribution in [0.1, 0.15) is 37.3 Å². The Balaban J connectivity index is 1.62. The summed E-state index contributed by atoms with van der Waals surface area (Å²) in [6.45, 7) is 3.15. The number of ether oxygens (including phenoxy) is 1. The zero-order chi connectivity index (χ0) is 23.3. The molecule has 7 nitrogen and oxygen atoms in total. The van der Waals surface area contributed by atoms with Gasteiger partial charge in [-0.1, -0.05) is 48.5 Å². The van der Waals surface area contributed by atoms with Crippen molar-refractivity contribution in [1.29, 1.82) is 0 Å². The molecule has 1 aliphatic carbocycles. The fraction of sp³-hybridized carbons (Fsp3) is 0.375. The number of thioether (sulfide) groups is 1. The highest BCUT2D eigenvalue weighted by Crippen LogP contribution is 2.44. The summed E-state index contributed by atoms with van der Waals surface area (Å²) in [4.78, 5) is 36.5. The van der Waals surface area contributed by atoms with Crippen LogP contribution in [-0.4, -0.2) is 53.3 Å². The van der Waals surface area contributed by atoms with Crippen LogP contribution in [0.15, 0.2) is 48.5 Å². The molecule has 0 bridgehead atoms. The van der Waals surface area contributed by atoms with Gasteiger partial charge in [-0.15, -0.1) is 0 Å². The summed E-state index contributed by atoms with van der Waals surface area (Å²) in [7, 11) is 0. The van der Waals surface area contributed by atoms with E-state index in [1.165, 1.54) is 25.6 Å². The average Bonchev–Trinajstić information content (AvgIpc) is 3.08. The first-order valence-corrected chi connectivity index (χ1v) is 11.8. The Labute approximate surface area is 191 Å². The topological polar surface area (TPSA) is 105 Å². The van der Waals surface area contributed by atoms with Crippen molar-refractivity contribution in [1.82, 2.24) is 10.6 Å². The van der Waals surface area contributed by atoms with Gasteiger partial charge in [-0.2, -0.15) is 11.8 Å². The molecule has 0 fully saturated rings. The molecule has 0 heterocycles. The number of fused-ring (bicyclic) bond motifs is 3. The predicted octanol–water partition coefficient (Wildman–Crippen LogP) is 3.63. The van der Waals surface area contributed by atoms with Crippen LogP contribution >= 0.6 is 11.8 Å². The Morgan fingerprint density at radius 3 is 2.16 bits per heavy atom. The molecule has 0 aromatic heterocycles. The average molecular weight is 457 g/mol. The van der Waals surface area contributed by atoms with Crippen LogP contribution in [0, 0.1) is 0 Å². The molecule has 0 radical (unpaired) electrons. The van der Waals surface area contributed by atoms with Crippen molar-refractivity contribution in [2.75, 3.05) is 18.6 Å². The lowest BCUT2D eigenvalue weighted by atomic mass is 9.98. The second kappa shape index (κ2) is 10.1. The fourth-order valence-electron chi connectivity index (χ4n) is 3.78. The molecule has 2 amide bonds. The number of amides is 2. The van der Waals surface area contributed by atoms with E-state index in [0.29, 0.717) is 12.2 Å². The third kappa shape index (κ3) is 5.24.